The Labute approximate surface area is 139 Å². The lowest BCUT2D eigenvalue weighted by atomic mass is 10.0. The summed E-state index contributed by atoms with van der Waals surface area (Å²) >= 11 is 0. The lowest BCUT2D eigenvalue weighted by molar-refractivity contribution is 0.0644. The standard InChI is InChI=1S/C19H27N3O/c1-13(2)21-12-11-20-18(21)16-9-7-8-10-17(16)19(23)22(14(3)4)15(5)6/h7-15H,1-6H3. The van der Waals surface area contributed by atoms with Gasteiger partial charge in [-0.15, -0.1) is 0 Å². The van der Waals surface area contributed by atoms with E-state index in [1.54, 1.807) is 6.20 Å². The Bertz CT molecular complexity index is 663. The molecule has 0 aliphatic heterocycles. The van der Waals surface area contributed by atoms with Crippen LogP contribution in [-0.4, -0.2) is 32.4 Å². The Hall–Kier alpha value is -2.10. The molecule has 0 aliphatic carbocycles. The lowest BCUT2D eigenvalue weighted by Crippen LogP contribution is -2.42. The second-order valence-corrected chi connectivity index (χ2v) is 6.70. The molecule has 2 aromatic rings. The predicted octanol–water partition coefficient (Wildman–Crippen LogP) is 4.39. The first-order chi connectivity index (χ1) is 10.8. The zero-order valence-electron chi connectivity index (χ0n) is 14.9. The van der Waals surface area contributed by atoms with Crippen molar-refractivity contribution in [3.05, 3.63) is 42.2 Å². The summed E-state index contributed by atoms with van der Waals surface area (Å²) in [5.41, 5.74) is 1.60. The number of benzene rings is 1. The van der Waals surface area contributed by atoms with Gasteiger partial charge in [0.25, 0.3) is 5.91 Å². The Morgan fingerprint density at radius 1 is 1.04 bits per heavy atom. The van der Waals surface area contributed by atoms with E-state index in [1.165, 1.54) is 0 Å². The van der Waals surface area contributed by atoms with Crippen molar-refractivity contribution >= 4 is 5.91 Å². The second kappa shape index (κ2) is 6.99. The van der Waals surface area contributed by atoms with Gasteiger partial charge in [0.2, 0.25) is 0 Å². The van der Waals surface area contributed by atoms with Crippen LogP contribution in [0.2, 0.25) is 0 Å². The minimum atomic E-state index is 0.0592. The fraction of sp³-hybridized carbons (Fsp3) is 0.474. The maximum absolute atomic E-state index is 13.1. The lowest BCUT2D eigenvalue weighted by Gasteiger charge is -2.31. The van der Waals surface area contributed by atoms with Gasteiger partial charge in [0.15, 0.2) is 0 Å². The van der Waals surface area contributed by atoms with Crippen LogP contribution in [0, 0.1) is 0 Å². The van der Waals surface area contributed by atoms with Crippen LogP contribution in [0.1, 0.15) is 57.9 Å². The van der Waals surface area contributed by atoms with E-state index in [0.717, 1.165) is 11.4 Å². The van der Waals surface area contributed by atoms with Crippen molar-refractivity contribution in [2.45, 2.75) is 59.7 Å². The van der Waals surface area contributed by atoms with Crippen molar-refractivity contribution in [3.63, 3.8) is 0 Å². The first kappa shape index (κ1) is 17.3. The number of hydrogen-bond acceptors (Lipinski definition) is 2. The molecular formula is C19H27N3O. The summed E-state index contributed by atoms with van der Waals surface area (Å²) < 4.78 is 2.10. The molecular weight excluding hydrogens is 286 g/mol. The number of rotatable bonds is 5. The van der Waals surface area contributed by atoms with Gasteiger partial charge in [-0.2, -0.15) is 0 Å². The van der Waals surface area contributed by atoms with Crippen molar-refractivity contribution in [1.29, 1.82) is 0 Å². The molecule has 0 atom stereocenters. The van der Waals surface area contributed by atoms with Gasteiger partial charge < -0.3 is 9.47 Å². The molecule has 124 valence electrons. The van der Waals surface area contributed by atoms with Gasteiger partial charge in [0, 0.05) is 36.1 Å². The highest BCUT2D eigenvalue weighted by molar-refractivity contribution is 6.00. The molecule has 0 saturated carbocycles. The SMILES string of the molecule is CC(C)N(C(=O)c1ccccc1-c1nccn1C(C)C)C(C)C. The first-order valence-corrected chi connectivity index (χ1v) is 8.29. The fourth-order valence-electron chi connectivity index (χ4n) is 3.01. The van der Waals surface area contributed by atoms with Crippen LogP contribution in [0.25, 0.3) is 11.4 Å². The van der Waals surface area contributed by atoms with Gasteiger partial charge in [-0.1, -0.05) is 18.2 Å². The molecule has 0 N–H and O–H groups in total. The average Bonchev–Trinajstić information content (AvgIpc) is 2.95. The molecule has 0 radical (unpaired) electrons. The molecule has 1 amide bonds. The van der Waals surface area contributed by atoms with Gasteiger partial charge in [-0.3, -0.25) is 4.79 Å². The number of nitrogens with zero attached hydrogens (tertiary/aromatic N) is 3. The molecule has 1 aromatic heterocycles. The quantitative estimate of drug-likeness (QED) is 0.821. The third-order valence-electron chi connectivity index (χ3n) is 3.97. The van der Waals surface area contributed by atoms with E-state index in [-0.39, 0.29) is 18.0 Å². The molecule has 1 heterocycles. The minimum Gasteiger partial charge on any atom is -0.334 e. The fourth-order valence-corrected chi connectivity index (χ4v) is 3.01. The van der Waals surface area contributed by atoms with Crippen LogP contribution in [0.3, 0.4) is 0 Å². The van der Waals surface area contributed by atoms with Crippen LogP contribution < -0.4 is 0 Å². The Morgan fingerprint density at radius 2 is 1.65 bits per heavy atom. The first-order valence-electron chi connectivity index (χ1n) is 8.29. The average molecular weight is 313 g/mol. The molecule has 0 bridgehead atoms. The van der Waals surface area contributed by atoms with Crippen molar-refractivity contribution in [2.75, 3.05) is 0 Å². The van der Waals surface area contributed by atoms with Crippen LogP contribution in [0.15, 0.2) is 36.7 Å². The molecule has 23 heavy (non-hydrogen) atoms. The number of imidazole rings is 1. The summed E-state index contributed by atoms with van der Waals surface area (Å²) in [6.45, 7) is 12.4. The molecule has 0 aliphatic rings. The van der Waals surface area contributed by atoms with E-state index in [0.29, 0.717) is 11.6 Å². The minimum absolute atomic E-state index is 0.0592. The Balaban J connectivity index is 2.53. The summed E-state index contributed by atoms with van der Waals surface area (Å²) in [4.78, 5) is 19.5. The number of amides is 1. The van der Waals surface area contributed by atoms with Crippen LogP contribution >= 0.6 is 0 Å². The number of carbonyl (C=O) groups excluding carboxylic acids is 1. The summed E-state index contributed by atoms with van der Waals surface area (Å²) in [6, 6.07) is 8.35. The maximum Gasteiger partial charge on any atom is 0.255 e. The van der Waals surface area contributed by atoms with E-state index in [2.05, 4.69) is 51.1 Å². The van der Waals surface area contributed by atoms with Crippen LogP contribution in [-0.2, 0) is 0 Å². The molecule has 4 heteroatoms. The number of hydrogen-bond donors (Lipinski definition) is 0. The van der Waals surface area contributed by atoms with Crippen LogP contribution in [0.4, 0.5) is 0 Å². The summed E-state index contributed by atoms with van der Waals surface area (Å²) in [5, 5.41) is 0. The van der Waals surface area contributed by atoms with Crippen molar-refractivity contribution in [3.8, 4) is 11.4 Å². The van der Waals surface area contributed by atoms with E-state index in [4.69, 9.17) is 0 Å². The summed E-state index contributed by atoms with van der Waals surface area (Å²) in [5.74, 6) is 0.903. The topological polar surface area (TPSA) is 38.1 Å². The smallest absolute Gasteiger partial charge is 0.255 e. The third kappa shape index (κ3) is 3.46. The van der Waals surface area contributed by atoms with E-state index in [9.17, 15) is 4.79 Å². The van der Waals surface area contributed by atoms with Crippen LogP contribution in [0.5, 0.6) is 0 Å². The zero-order valence-corrected chi connectivity index (χ0v) is 14.9. The highest BCUT2D eigenvalue weighted by atomic mass is 16.2. The van der Waals surface area contributed by atoms with Gasteiger partial charge in [0.1, 0.15) is 5.82 Å². The van der Waals surface area contributed by atoms with Crippen molar-refractivity contribution in [2.24, 2.45) is 0 Å². The zero-order chi connectivity index (χ0) is 17.1. The molecule has 0 fully saturated rings. The van der Waals surface area contributed by atoms with Crippen molar-refractivity contribution in [1.82, 2.24) is 14.5 Å². The van der Waals surface area contributed by atoms with Gasteiger partial charge in [-0.05, 0) is 47.6 Å². The van der Waals surface area contributed by atoms with Gasteiger partial charge in [0.05, 0.1) is 5.56 Å². The Kier molecular flexibility index (Phi) is 5.24. The van der Waals surface area contributed by atoms with E-state index >= 15 is 0 Å². The molecule has 0 spiro atoms. The molecule has 2 rings (SSSR count). The molecule has 1 aromatic carbocycles. The maximum atomic E-state index is 13.1. The number of aromatic nitrogens is 2. The largest absolute Gasteiger partial charge is 0.334 e. The highest BCUT2D eigenvalue weighted by Gasteiger charge is 2.25. The predicted molar refractivity (Wildman–Crippen MR) is 94.5 cm³/mol. The van der Waals surface area contributed by atoms with E-state index < -0.39 is 0 Å². The monoisotopic (exact) mass is 313 g/mol. The normalized spacial score (nSPS) is 11.5. The third-order valence-corrected chi connectivity index (χ3v) is 3.97. The Morgan fingerprint density at radius 3 is 2.22 bits per heavy atom. The van der Waals surface area contributed by atoms with E-state index in [1.807, 2.05) is 35.4 Å². The molecule has 0 unspecified atom stereocenters. The summed E-state index contributed by atoms with van der Waals surface area (Å²) in [7, 11) is 0. The summed E-state index contributed by atoms with van der Waals surface area (Å²) in [6.07, 6.45) is 3.75. The molecule has 4 nitrogen and oxygen atoms in total. The molecule has 0 saturated heterocycles. The number of carbonyl (C=O) groups is 1. The van der Waals surface area contributed by atoms with Gasteiger partial charge >= 0.3 is 0 Å². The van der Waals surface area contributed by atoms with Crippen molar-refractivity contribution < 1.29 is 4.79 Å². The highest BCUT2D eigenvalue weighted by Crippen LogP contribution is 2.26. The second-order valence-electron chi connectivity index (χ2n) is 6.70. The van der Waals surface area contributed by atoms with Gasteiger partial charge in [-0.25, -0.2) is 4.98 Å².